The van der Waals surface area contributed by atoms with Gasteiger partial charge in [0.2, 0.25) is 0 Å². The van der Waals surface area contributed by atoms with E-state index in [0.29, 0.717) is 18.8 Å². The van der Waals surface area contributed by atoms with Gasteiger partial charge in [-0.05, 0) is 38.3 Å². The monoisotopic (exact) mass is 429 g/mol. The van der Waals surface area contributed by atoms with E-state index >= 15 is 0 Å². The maximum atomic E-state index is 14.1. The van der Waals surface area contributed by atoms with Crippen LogP contribution < -0.4 is 15.9 Å². The summed E-state index contributed by atoms with van der Waals surface area (Å²) in [4.78, 5) is 21.5. The summed E-state index contributed by atoms with van der Waals surface area (Å²) in [6, 6.07) is 6.94. The normalized spacial score (nSPS) is 17.0. The van der Waals surface area contributed by atoms with Gasteiger partial charge in [0.25, 0.3) is 0 Å². The van der Waals surface area contributed by atoms with Crippen LogP contribution in [-0.2, 0) is 19.5 Å². The zero-order valence-electron chi connectivity index (χ0n) is 18.3. The summed E-state index contributed by atoms with van der Waals surface area (Å²) >= 11 is 0. The predicted octanol–water partition coefficient (Wildman–Crippen LogP) is 1.70. The van der Waals surface area contributed by atoms with E-state index in [-0.39, 0.29) is 11.5 Å². The van der Waals surface area contributed by atoms with Crippen LogP contribution in [0.1, 0.15) is 32.0 Å². The lowest BCUT2D eigenvalue weighted by molar-refractivity contribution is 0.370. The summed E-state index contributed by atoms with van der Waals surface area (Å²) in [5, 5.41) is 7.86. The smallest absolute Gasteiger partial charge is 0.345 e. The molecule has 0 amide bonds. The Labute approximate surface area is 182 Å². The van der Waals surface area contributed by atoms with Gasteiger partial charge in [0.15, 0.2) is 5.96 Å². The van der Waals surface area contributed by atoms with E-state index < -0.39 is 0 Å². The molecule has 0 aliphatic carbocycles. The zero-order valence-corrected chi connectivity index (χ0v) is 18.3. The average Bonchev–Trinajstić information content (AvgIpc) is 3.12. The van der Waals surface area contributed by atoms with Crippen LogP contribution in [0.15, 0.2) is 34.1 Å². The number of hydrogen-bond donors (Lipinski definition) is 1. The summed E-state index contributed by atoms with van der Waals surface area (Å²) in [6.45, 7) is 7.92. The molecule has 0 unspecified atom stereocenters. The molecule has 2 aliphatic heterocycles. The van der Waals surface area contributed by atoms with E-state index in [1.807, 2.05) is 16.7 Å². The molecule has 1 saturated heterocycles. The third kappa shape index (κ3) is 4.91. The van der Waals surface area contributed by atoms with Crippen LogP contribution in [0.3, 0.4) is 0 Å². The third-order valence-corrected chi connectivity index (χ3v) is 5.93. The van der Waals surface area contributed by atoms with Gasteiger partial charge in [-0.1, -0.05) is 12.1 Å². The number of anilines is 1. The Morgan fingerprint density at radius 3 is 2.71 bits per heavy atom. The van der Waals surface area contributed by atoms with E-state index in [9.17, 15) is 9.18 Å². The van der Waals surface area contributed by atoms with Crippen molar-refractivity contribution < 1.29 is 4.39 Å². The predicted molar refractivity (Wildman–Crippen MR) is 120 cm³/mol. The molecule has 168 valence electrons. The van der Waals surface area contributed by atoms with Crippen molar-refractivity contribution in [2.24, 2.45) is 4.99 Å². The lowest BCUT2D eigenvalue weighted by Gasteiger charge is -2.37. The molecule has 1 N–H and O–H groups in total. The lowest BCUT2D eigenvalue weighted by atomic mass is 10.2. The molecule has 1 aromatic carbocycles. The van der Waals surface area contributed by atoms with Crippen LogP contribution in [0, 0.1) is 5.82 Å². The van der Waals surface area contributed by atoms with Gasteiger partial charge in [-0.15, -0.1) is 0 Å². The largest absolute Gasteiger partial charge is 0.366 e. The standard InChI is InChI=1S/C22H32FN7O/c1-2-24-21(28-16-14-27(15-17-28)19-9-4-3-8-18(19)23)25-11-7-13-30-22(31)29-12-6-5-10-20(29)26-30/h3-4,8-9H,2,5-7,10-17H2,1H3,(H,24,25). The van der Waals surface area contributed by atoms with Crippen molar-refractivity contribution in [3.8, 4) is 0 Å². The van der Waals surface area contributed by atoms with Crippen molar-refractivity contribution in [1.29, 1.82) is 0 Å². The van der Waals surface area contributed by atoms with Crippen LogP contribution in [0.4, 0.5) is 10.1 Å². The highest BCUT2D eigenvalue weighted by molar-refractivity contribution is 5.80. The average molecular weight is 430 g/mol. The van der Waals surface area contributed by atoms with Crippen LogP contribution in [-0.4, -0.2) is 64.5 Å². The second-order valence-corrected chi connectivity index (χ2v) is 8.05. The highest BCUT2D eigenvalue weighted by Crippen LogP contribution is 2.20. The molecule has 9 heteroatoms. The molecule has 4 rings (SSSR count). The van der Waals surface area contributed by atoms with Gasteiger partial charge >= 0.3 is 5.69 Å². The first-order valence-corrected chi connectivity index (χ1v) is 11.4. The molecule has 0 radical (unpaired) electrons. The van der Waals surface area contributed by atoms with Crippen molar-refractivity contribution in [2.75, 3.05) is 44.2 Å². The van der Waals surface area contributed by atoms with Gasteiger partial charge in [-0.3, -0.25) is 9.56 Å². The topological polar surface area (TPSA) is 70.7 Å². The summed E-state index contributed by atoms with van der Waals surface area (Å²) in [6.07, 6.45) is 3.82. The minimum absolute atomic E-state index is 0.00912. The number of benzene rings is 1. The molecule has 0 spiro atoms. The summed E-state index contributed by atoms with van der Waals surface area (Å²) in [7, 11) is 0. The number of aliphatic imine (C=N–C) groups is 1. The van der Waals surface area contributed by atoms with E-state index in [0.717, 1.165) is 76.7 Å². The molecular formula is C22H32FN7O. The van der Waals surface area contributed by atoms with Crippen molar-refractivity contribution in [3.63, 3.8) is 0 Å². The highest BCUT2D eigenvalue weighted by atomic mass is 19.1. The Kier molecular flexibility index (Phi) is 6.89. The first-order chi connectivity index (χ1) is 15.2. The number of fused-ring (bicyclic) bond motifs is 1. The fourth-order valence-corrected chi connectivity index (χ4v) is 4.29. The van der Waals surface area contributed by atoms with Gasteiger partial charge in [-0.25, -0.2) is 13.9 Å². The number of guanidine groups is 1. The van der Waals surface area contributed by atoms with Crippen molar-refractivity contribution in [1.82, 2.24) is 24.6 Å². The van der Waals surface area contributed by atoms with Gasteiger partial charge in [0.1, 0.15) is 11.6 Å². The third-order valence-electron chi connectivity index (χ3n) is 5.93. The molecule has 31 heavy (non-hydrogen) atoms. The van der Waals surface area contributed by atoms with Crippen LogP contribution in [0.25, 0.3) is 0 Å². The summed E-state index contributed by atoms with van der Waals surface area (Å²) in [5.74, 6) is 1.63. The molecule has 0 atom stereocenters. The number of aromatic nitrogens is 3. The molecule has 2 aromatic rings. The number of halogens is 1. The minimum atomic E-state index is -0.173. The van der Waals surface area contributed by atoms with Gasteiger partial charge < -0.3 is 15.1 Å². The number of piperazine rings is 1. The number of aryl methyl sites for hydroxylation is 2. The van der Waals surface area contributed by atoms with Crippen molar-refractivity contribution in [3.05, 3.63) is 46.4 Å². The number of nitrogens with zero attached hydrogens (tertiary/aromatic N) is 6. The summed E-state index contributed by atoms with van der Waals surface area (Å²) in [5.41, 5.74) is 0.673. The molecular weight excluding hydrogens is 397 g/mol. The van der Waals surface area contributed by atoms with E-state index in [1.165, 1.54) is 6.07 Å². The Balaban J connectivity index is 1.31. The fourth-order valence-electron chi connectivity index (χ4n) is 4.29. The molecule has 8 nitrogen and oxygen atoms in total. The number of hydrogen-bond acceptors (Lipinski definition) is 4. The molecule has 2 aliphatic rings. The quantitative estimate of drug-likeness (QED) is 0.430. The fraction of sp³-hybridized carbons (Fsp3) is 0.591. The molecule has 1 fully saturated rings. The Hall–Kier alpha value is -2.84. The van der Waals surface area contributed by atoms with Gasteiger partial charge in [0.05, 0.1) is 5.69 Å². The molecule has 0 bridgehead atoms. The molecule has 3 heterocycles. The first kappa shape index (κ1) is 21.4. The number of para-hydroxylation sites is 1. The van der Waals surface area contributed by atoms with Crippen molar-refractivity contribution >= 4 is 11.6 Å². The highest BCUT2D eigenvalue weighted by Gasteiger charge is 2.21. The van der Waals surface area contributed by atoms with Crippen molar-refractivity contribution in [2.45, 2.75) is 45.7 Å². The number of rotatable bonds is 6. The molecule has 0 saturated carbocycles. The van der Waals surface area contributed by atoms with E-state index in [1.54, 1.807) is 10.7 Å². The Morgan fingerprint density at radius 2 is 1.97 bits per heavy atom. The van der Waals surface area contributed by atoms with E-state index in [4.69, 9.17) is 4.99 Å². The van der Waals surface area contributed by atoms with Crippen LogP contribution in [0.5, 0.6) is 0 Å². The maximum absolute atomic E-state index is 14.1. The Morgan fingerprint density at radius 1 is 1.16 bits per heavy atom. The van der Waals surface area contributed by atoms with E-state index in [2.05, 4.69) is 27.1 Å². The maximum Gasteiger partial charge on any atom is 0.345 e. The van der Waals surface area contributed by atoms with Crippen LogP contribution in [0.2, 0.25) is 0 Å². The number of nitrogens with one attached hydrogen (secondary N) is 1. The second kappa shape index (κ2) is 9.98. The SMILES string of the molecule is CCNC(=NCCCn1nc2n(c1=O)CCCC2)N1CCN(c2ccccc2F)CC1. The minimum Gasteiger partial charge on any atom is -0.366 e. The van der Waals surface area contributed by atoms with Crippen LogP contribution >= 0.6 is 0 Å². The molecule has 1 aromatic heterocycles. The Bertz CT molecular complexity index is 959. The first-order valence-electron chi connectivity index (χ1n) is 11.4. The zero-order chi connectivity index (χ0) is 21.6. The van der Waals surface area contributed by atoms with Gasteiger partial charge in [-0.2, -0.15) is 5.10 Å². The van der Waals surface area contributed by atoms with Gasteiger partial charge in [0, 0.05) is 58.8 Å². The second-order valence-electron chi connectivity index (χ2n) is 8.05. The lowest BCUT2D eigenvalue weighted by Crippen LogP contribution is -2.52. The summed E-state index contributed by atoms with van der Waals surface area (Å²) < 4.78 is 17.5.